The second-order valence-electron chi connectivity index (χ2n) is 4.28. The van der Waals surface area contributed by atoms with Gasteiger partial charge in [0.25, 0.3) is 11.8 Å². The van der Waals surface area contributed by atoms with Crippen LogP contribution in [0.3, 0.4) is 0 Å². The second kappa shape index (κ2) is 5.15. The van der Waals surface area contributed by atoms with E-state index in [2.05, 4.69) is 10.3 Å². The number of aromatic nitrogens is 1. The maximum absolute atomic E-state index is 11.9. The summed E-state index contributed by atoms with van der Waals surface area (Å²) in [7, 11) is 1.39. The van der Waals surface area contributed by atoms with Crippen molar-refractivity contribution in [3.05, 3.63) is 29.6 Å². The maximum atomic E-state index is 11.9. The lowest BCUT2D eigenvalue weighted by Gasteiger charge is -2.10. The molecule has 3 N–H and O–H groups in total. The highest BCUT2D eigenvalue weighted by atomic mass is 16.2. The molecule has 100 valence electrons. The van der Waals surface area contributed by atoms with E-state index in [9.17, 15) is 14.4 Å². The van der Waals surface area contributed by atoms with E-state index in [4.69, 9.17) is 5.73 Å². The van der Waals surface area contributed by atoms with Gasteiger partial charge >= 0.3 is 0 Å². The summed E-state index contributed by atoms with van der Waals surface area (Å²) in [6, 6.07) is 2.42. The Morgan fingerprint density at radius 1 is 1.53 bits per heavy atom. The average molecular weight is 262 g/mol. The zero-order valence-electron chi connectivity index (χ0n) is 10.4. The van der Waals surface area contributed by atoms with Gasteiger partial charge in [-0.3, -0.25) is 24.3 Å². The number of pyridine rings is 1. The van der Waals surface area contributed by atoms with E-state index in [-0.39, 0.29) is 18.0 Å². The summed E-state index contributed by atoms with van der Waals surface area (Å²) in [6.45, 7) is 0.343. The van der Waals surface area contributed by atoms with Gasteiger partial charge in [-0.2, -0.15) is 0 Å². The lowest BCUT2D eigenvalue weighted by Crippen LogP contribution is -2.40. The predicted molar refractivity (Wildman–Crippen MR) is 65.8 cm³/mol. The largest absolute Gasteiger partial charge is 0.338 e. The zero-order chi connectivity index (χ0) is 14.0. The molecule has 7 nitrogen and oxygen atoms in total. The summed E-state index contributed by atoms with van der Waals surface area (Å²) in [4.78, 5) is 39.8. The molecule has 19 heavy (non-hydrogen) atoms. The number of carbonyl (C=O) groups is 3. The Balaban J connectivity index is 2.05. The fourth-order valence-corrected chi connectivity index (χ4v) is 1.78. The van der Waals surface area contributed by atoms with Gasteiger partial charge in [-0.1, -0.05) is 6.07 Å². The summed E-state index contributed by atoms with van der Waals surface area (Å²) in [5.74, 6) is -1.19. The number of amides is 3. The molecular formula is C12H14N4O3. The first-order chi connectivity index (χ1) is 9.02. The van der Waals surface area contributed by atoms with Crippen LogP contribution in [0.2, 0.25) is 0 Å². The van der Waals surface area contributed by atoms with Gasteiger partial charge in [0.1, 0.15) is 11.7 Å². The first kappa shape index (κ1) is 13.2. The highest BCUT2D eigenvalue weighted by molar-refractivity contribution is 6.07. The fraction of sp³-hybridized carbons (Fsp3) is 0.333. The zero-order valence-corrected chi connectivity index (χ0v) is 10.4. The van der Waals surface area contributed by atoms with E-state index in [0.29, 0.717) is 6.54 Å². The Morgan fingerprint density at radius 3 is 2.74 bits per heavy atom. The van der Waals surface area contributed by atoms with Gasteiger partial charge < -0.3 is 11.1 Å². The minimum absolute atomic E-state index is 0.0119. The van der Waals surface area contributed by atoms with Crippen LogP contribution in [0.5, 0.6) is 0 Å². The topological polar surface area (TPSA) is 105 Å². The van der Waals surface area contributed by atoms with Crippen molar-refractivity contribution in [1.29, 1.82) is 0 Å². The number of hydrogen-bond donors (Lipinski definition) is 2. The molecule has 0 aliphatic carbocycles. The standard InChI is InChI=1S/C12H14N4O3/c1-16-10(17)4-9(12(16)19)15-11(18)8-3-2-7(5-13)6-14-8/h2-3,6,9H,4-5,13H2,1H3,(H,15,18). The van der Waals surface area contributed by atoms with Crippen molar-refractivity contribution in [2.75, 3.05) is 7.05 Å². The summed E-state index contributed by atoms with van der Waals surface area (Å²) < 4.78 is 0. The third-order valence-electron chi connectivity index (χ3n) is 2.98. The monoisotopic (exact) mass is 262 g/mol. The van der Waals surface area contributed by atoms with Crippen LogP contribution >= 0.6 is 0 Å². The van der Waals surface area contributed by atoms with Crippen molar-refractivity contribution in [3.8, 4) is 0 Å². The van der Waals surface area contributed by atoms with Gasteiger partial charge in [-0.15, -0.1) is 0 Å². The van der Waals surface area contributed by atoms with E-state index in [1.54, 1.807) is 6.07 Å². The van der Waals surface area contributed by atoms with Crippen molar-refractivity contribution < 1.29 is 14.4 Å². The van der Waals surface area contributed by atoms with Crippen LogP contribution < -0.4 is 11.1 Å². The molecule has 1 aromatic heterocycles. The number of carbonyl (C=O) groups excluding carboxylic acids is 3. The molecule has 1 saturated heterocycles. The number of nitrogens with one attached hydrogen (secondary N) is 1. The van der Waals surface area contributed by atoms with Crippen LogP contribution in [0.25, 0.3) is 0 Å². The first-order valence-corrected chi connectivity index (χ1v) is 5.79. The summed E-state index contributed by atoms with van der Waals surface area (Å²) in [5, 5.41) is 2.50. The molecular weight excluding hydrogens is 248 g/mol. The molecule has 7 heteroatoms. The fourth-order valence-electron chi connectivity index (χ4n) is 1.78. The van der Waals surface area contributed by atoms with Crippen LogP contribution in [-0.2, 0) is 16.1 Å². The van der Waals surface area contributed by atoms with Crippen LogP contribution in [0.15, 0.2) is 18.3 Å². The lowest BCUT2D eigenvalue weighted by atomic mass is 10.2. The predicted octanol–water partition coefficient (Wildman–Crippen LogP) is -0.973. The molecule has 1 aliphatic rings. The van der Waals surface area contributed by atoms with Crippen molar-refractivity contribution >= 4 is 17.7 Å². The smallest absolute Gasteiger partial charge is 0.270 e. The molecule has 0 aromatic carbocycles. The Kier molecular flexibility index (Phi) is 3.57. The normalized spacial score (nSPS) is 18.8. The van der Waals surface area contributed by atoms with Gasteiger partial charge in [0.2, 0.25) is 5.91 Å². The average Bonchev–Trinajstić information content (AvgIpc) is 2.66. The third kappa shape index (κ3) is 2.60. The van der Waals surface area contributed by atoms with Crippen molar-refractivity contribution in [2.24, 2.45) is 5.73 Å². The first-order valence-electron chi connectivity index (χ1n) is 5.79. The molecule has 2 rings (SSSR count). The van der Waals surface area contributed by atoms with Crippen LogP contribution in [0.4, 0.5) is 0 Å². The lowest BCUT2D eigenvalue weighted by molar-refractivity contribution is -0.137. The number of likely N-dealkylation sites (N-methyl/N-ethyl adjacent to an activating group) is 1. The van der Waals surface area contributed by atoms with Crippen LogP contribution in [-0.4, -0.2) is 40.7 Å². The van der Waals surface area contributed by atoms with Crippen molar-refractivity contribution in [1.82, 2.24) is 15.2 Å². The molecule has 3 amide bonds. The van der Waals surface area contributed by atoms with Gasteiger partial charge in [-0.05, 0) is 11.6 Å². The second-order valence-corrected chi connectivity index (χ2v) is 4.28. The van der Waals surface area contributed by atoms with E-state index in [1.165, 1.54) is 19.3 Å². The van der Waals surface area contributed by atoms with Crippen LogP contribution in [0.1, 0.15) is 22.5 Å². The Hall–Kier alpha value is -2.28. The minimum Gasteiger partial charge on any atom is -0.338 e. The molecule has 1 unspecified atom stereocenters. The highest BCUT2D eigenvalue weighted by Gasteiger charge is 2.37. The van der Waals surface area contributed by atoms with Gasteiger partial charge in [0, 0.05) is 19.8 Å². The van der Waals surface area contributed by atoms with E-state index in [0.717, 1.165) is 10.5 Å². The van der Waals surface area contributed by atoms with Gasteiger partial charge in [0.05, 0.1) is 6.42 Å². The SMILES string of the molecule is CN1C(=O)CC(NC(=O)c2ccc(CN)cn2)C1=O. The number of nitrogens with two attached hydrogens (primary N) is 1. The molecule has 2 heterocycles. The van der Waals surface area contributed by atoms with E-state index < -0.39 is 17.9 Å². The molecule has 1 atom stereocenters. The molecule has 1 aliphatic heterocycles. The molecule has 0 radical (unpaired) electrons. The summed E-state index contributed by atoms with van der Waals surface area (Å²) in [6.07, 6.45) is 1.49. The molecule has 0 spiro atoms. The third-order valence-corrected chi connectivity index (χ3v) is 2.98. The Morgan fingerprint density at radius 2 is 2.26 bits per heavy atom. The molecule has 0 bridgehead atoms. The van der Waals surface area contributed by atoms with Crippen molar-refractivity contribution in [2.45, 2.75) is 19.0 Å². The maximum Gasteiger partial charge on any atom is 0.270 e. The van der Waals surface area contributed by atoms with Gasteiger partial charge in [0.15, 0.2) is 0 Å². The minimum atomic E-state index is -0.805. The number of nitrogens with zero attached hydrogens (tertiary/aromatic N) is 2. The Bertz CT molecular complexity index is 526. The molecule has 1 fully saturated rings. The van der Waals surface area contributed by atoms with E-state index >= 15 is 0 Å². The van der Waals surface area contributed by atoms with Crippen LogP contribution in [0, 0.1) is 0 Å². The Labute approximate surface area is 109 Å². The van der Waals surface area contributed by atoms with E-state index in [1.807, 2.05) is 0 Å². The number of hydrogen-bond acceptors (Lipinski definition) is 5. The number of imide groups is 1. The number of rotatable bonds is 3. The summed E-state index contributed by atoms with van der Waals surface area (Å²) in [5.41, 5.74) is 6.42. The van der Waals surface area contributed by atoms with Gasteiger partial charge in [-0.25, -0.2) is 0 Å². The summed E-state index contributed by atoms with van der Waals surface area (Å²) >= 11 is 0. The number of likely N-dealkylation sites (tertiary alicyclic amines) is 1. The molecule has 0 saturated carbocycles. The molecule has 1 aromatic rings. The highest BCUT2D eigenvalue weighted by Crippen LogP contribution is 2.11. The van der Waals surface area contributed by atoms with Crippen molar-refractivity contribution in [3.63, 3.8) is 0 Å². The quantitative estimate of drug-likeness (QED) is 0.682.